The second-order valence-corrected chi connectivity index (χ2v) is 11.6. The number of carbonyl (C=O) groups is 1. The van der Waals surface area contributed by atoms with Crippen LogP contribution in [0.1, 0.15) is 40.4 Å². The minimum Gasteiger partial charge on any atom is -0.497 e. The number of likely N-dealkylation sites (N-methyl/N-ethyl adjacent to an activating group) is 1. The number of methoxy groups -OCH3 is 1. The lowest BCUT2D eigenvalue weighted by atomic mass is 9.94. The molecule has 0 spiro atoms. The second kappa shape index (κ2) is 13.8. The fourth-order valence-corrected chi connectivity index (χ4v) is 6.21. The highest BCUT2D eigenvalue weighted by molar-refractivity contribution is 5.94. The van der Waals surface area contributed by atoms with Gasteiger partial charge < -0.3 is 28.4 Å². The standard InChI is InChI=1S/C36H41N5O3/c1-38(35(42)29-10-4-3-5-11-29)26-30(28-15-17-31(43-2)18-16-28)19-22-39-20-9-21-40(24-23-39)36-37-33-13-6-7-14-34(33)41(36)27-32-12-8-25-44-32/h3-8,10-18,25,30H,9,19-24,26-27H2,1-2H3. The van der Waals surface area contributed by atoms with Crippen molar-refractivity contribution in [3.8, 4) is 5.75 Å². The van der Waals surface area contributed by atoms with Crippen LogP contribution in [0.2, 0.25) is 0 Å². The van der Waals surface area contributed by atoms with Gasteiger partial charge in [0.15, 0.2) is 0 Å². The first-order chi connectivity index (χ1) is 21.6. The third-order valence-electron chi connectivity index (χ3n) is 8.64. The van der Waals surface area contributed by atoms with E-state index < -0.39 is 0 Å². The maximum Gasteiger partial charge on any atom is 0.253 e. The number of ether oxygens (including phenoxy) is 1. The van der Waals surface area contributed by atoms with Crippen molar-refractivity contribution in [1.82, 2.24) is 19.4 Å². The van der Waals surface area contributed by atoms with Crippen LogP contribution in [0.3, 0.4) is 0 Å². The van der Waals surface area contributed by atoms with Crippen LogP contribution < -0.4 is 9.64 Å². The topological polar surface area (TPSA) is 67.0 Å². The molecule has 1 amide bonds. The van der Waals surface area contributed by atoms with Crippen LogP contribution in [-0.4, -0.2) is 78.7 Å². The molecule has 1 fully saturated rings. The van der Waals surface area contributed by atoms with Gasteiger partial charge in [-0.25, -0.2) is 4.98 Å². The number of para-hydroxylation sites is 2. The molecule has 1 aliphatic heterocycles. The molecule has 8 heteroatoms. The first kappa shape index (κ1) is 29.5. The number of benzene rings is 3. The third kappa shape index (κ3) is 6.81. The highest BCUT2D eigenvalue weighted by atomic mass is 16.5. The van der Waals surface area contributed by atoms with Gasteiger partial charge in [0.1, 0.15) is 11.5 Å². The predicted molar refractivity (Wildman–Crippen MR) is 175 cm³/mol. The van der Waals surface area contributed by atoms with Gasteiger partial charge in [-0.1, -0.05) is 42.5 Å². The maximum absolute atomic E-state index is 13.2. The minimum atomic E-state index is 0.0481. The molecule has 2 aromatic heterocycles. The number of amides is 1. The van der Waals surface area contributed by atoms with E-state index in [1.54, 1.807) is 13.4 Å². The van der Waals surface area contributed by atoms with Crippen molar-refractivity contribution in [2.75, 3.05) is 58.3 Å². The average molecular weight is 592 g/mol. The molecule has 44 heavy (non-hydrogen) atoms. The van der Waals surface area contributed by atoms with Crippen LogP contribution in [-0.2, 0) is 6.54 Å². The van der Waals surface area contributed by atoms with Crippen molar-refractivity contribution < 1.29 is 13.9 Å². The predicted octanol–water partition coefficient (Wildman–Crippen LogP) is 6.14. The van der Waals surface area contributed by atoms with Gasteiger partial charge in [0.25, 0.3) is 5.91 Å². The van der Waals surface area contributed by atoms with E-state index in [1.807, 2.05) is 72.6 Å². The summed E-state index contributed by atoms with van der Waals surface area (Å²) in [7, 11) is 3.60. The summed E-state index contributed by atoms with van der Waals surface area (Å²) in [5.74, 6) is 3.02. The molecule has 0 saturated carbocycles. The van der Waals surface area contributed by atoms with Crippen molar-refractivity contribution in [3.63, 3.8) is 0 Å². The lowest BCUT2D eigenvalue weighted by Crippen LogP contribution is -2.35. The Labute approximate surface area is 259 Å². The molecule has 6 rings (SSSR count). The summed E-state index contributed by atoms with van der Waals surface area (Å²) >= 11 is 0. The second-order valence-electron chi connectivity index (χ2n) is 11.6. The number of hydrogen-bond acceptors (Lipinski definition) is 6. The zero-order chi connectivity index (χ0) is 30.3. The van der Waals surface area contributed by atoms with Gasteiger partial charge in [-0.05, 0) is 80.0 Å². The minimum absolute atomic E-state index is 0.0481. The molecule has 1 saturated heterocycles. The molecule has 3 heterocycles. The smallest absolute Gasteiger partial charge is 0.253 e. The Morgan fingerprint density at radius 2 is 1.73 bits per heavy atom. The number of rotatable bonds is 11. The molecule has 3 aromatic carbocycles. The molecule has 1 atom stereocenters. The highest BCUT2D eigenvalue weighted by Crippen LogP contribution is 2.27. The van der Waals surface area contributed by atoms with E-state index in [2.05, 4.69) is 44.7 Å². The lowest BCUT2D eigenvalue weighted by molar-refractivity contribution is 0.0782. The van der Waals surface area contributed by atoms with Crippen LogP contribution in [0.25, 0.3) is 11.0 Å². The Morgan fingerprint density at radius 1 is 0.932 bits per heavy atom. The number of furan rings is 1. The molecule has 8 nitrogen and oxygen atoms in total. The summed E-state index contributed by atoms with van der Waals surface area (Å²) in [6.07, 6.45) is 3.74. The SMILES string of the molecule is COc1ccc(C(CCN2CCCN(c3nc4ccccc4n3Cc3ccco3)CC2)CN(C)C(=O)c2ccccc2)cc1. The number of nitrogens with zero attached hydrogens (tertiary/aromatic N) is 5. The van der Waals surface area contributed by atoms with Gasteiger partial charge >= 0.3 is 0 Å². The molecular formula is C36H41N5O3. The van der Waals surface area contributed by atoms with Crippen LogP contribution in [0.15, 0.2) is 102 Å². The average Bonchev–Trinajstić information content (AvgIpc) is 3.65. The summed E-state index contributed by atoms with van der Waals surface area (Å²) < 4.78 is 13.4. The molecule has 0 aliphatic carbocycles. The van der Waals surface area contributed by atoms with E-state index in [0.29, 0.717) is 18.7 Å². The van der Waals surface area contributed by atoms with E-state index in [0.717, 1.165) is 74.1 Å². The molecule has 5 aromatic rings. The largest absolute Gasteiger partial charge is 0.497 e. The Kier molecular flexibility index (Phi) is 9.27. The van der Waals surface area contributed by atoms with Crippen LogP contribution >= 0.6 is 0 Å². The van der Waals surface area contributed by atoms with E-state index in [1.165, 1.54) is 5.56 Å². The molecular weight excluding hydrogens is 550 g/mol. The van der Waals surface area contributed by atoms with Crippen molar-refractivity contribution in [2.45, 2.75) is 25.3 Å². The summed E-state index contributed by atoms with van der Waals surface area (Å²) in [6, 6.07) is 30.1. The Hall–Kier alpha value is -4.56. The van der Waals surface area contributed by atoms with Gasteiger partial charge in [0.2, 0.25) is 5.95 Å². The fourth-order valence-electron chi connectivity index (χ4n) is 6.21. The molecule has 0 bridgehead atoms. The van der Waals surface area contributed by atoms with E-state index in [9.17, 15) is 4.79 Å². The summed E-state index contributed by atoms with van der Waals surface area (Å²) in [6.45, 7) is 6.11. The molecule has 0 N–H and O–H groups in total. The number of imidazole rings is 1. The normalized spacial score (nSPS) is 14.8. The van der Waals surface area contributed by atoms with E-state index >= 15 is 0 Å². The van der Waals surface area contributed by atoms with Gasteiger partial charge in [0, 0.05) is 44.7 Å². The van der Waals surface area contributed by atoms with Crippen LogP contribution in [0, 0.1) is 0 Å². The molecule has 228 valence electrons. The zero-order valence-corrected chi connectivity index (χ0v) is 25.6. The first-order valence-corrected chi connectivity index (χ1v) is 15.5. The summed E-state index contributed by atoms with van der Waals surface area (Å²) in [5.41, 5.74) is 4.07. The monoisotopic (exact) mass is 591 g/mol. The fraction of sp³-hybridized carbons (Fsp3) is 0.333. The Bertz CT molecular complexity index is 1630. The number of anilines is 1. The van der Waals surface area contributed by atoms with Crippen LogP contribution in [0.4, 0.5) is 5.95 Å². The van der Waals surface area contributed by atoms with Gasteiger partial charge in [-0.2, -0.15) is 0 Å². The number of hydrogen-bond donors (Lipinski definition) is 0. The lowest BCUT2D eigenvalue weighted by Gasteiger charge is -2.28. The quantitative estimate of drug-likeness (QED) is 0.184. The van der Waals surface area contributed by atoms with Gasteiger partial charge in [-0.3, -0.25) is 4.79 Å². The Morgan fingerprint density at radius 3 is 2.50 bits per heavy atom. The molecule has 1 unspecified atom stereocenters. The van der Waals surface area contributed by atoms with Crippen LogP contribution in [0.5, 0.6) is 5.75 Å². The van der Waals surface area contributed by atoms with Gasteiger partial charge in [0.05, 0.1) is 31.0 Å². The zero-order valence-electron chi connectivity index (χ0n) is 25.6. The molecule has 0 radical (unpaired) electrons. The van der Waals surface area contributed by atoms with Gasteiger partial charge in [-0.15, -0.1) is 0 Å². The maximum atomic E-state index is 13.2. The van der Waals surface area contributed by atoms with Crippen molar-refractivity contribution in [2.24, 2.45) is 0 Å². The van der Waals surface area contributed by atoms with Crippen molar-refractivity contribution >= 4 is 22.9 Å². The van der Waals surface area contributed by atoms with E-state index in [-0.39, 0.29) is 11.8 Å². The van der Waals surface area contributed by atoms with E-state index in [4.69, 9.17) is 14.1 Å². The first-order valence-electron chi connectivity index (χ1n) is 15.5. The number of aromatic nitrogens is 2. The number of carbonyl (C=O) groups excluding carboxylic acids is 1. The van der Waals surface area contributed by atoms with Crippen molar-refractivity contribution in [3.05, 3.63) is 114 Å². The Balaban J connectivity index is 1.14. The summed E-state index contributed by atoms with van der Waals surface area (Å²) in [4.78, 5) is 25.1. The third-order valence-corrected chi connectivity index (χ3v) is 8.64. The number of fused-ring (bicyclic) bond motifs is 1. The highest BCUT2D eigenvalue weighted by Gasteiger charge is 2.24. The molecule has 1 aliphatic rings. The van der Waals surface area contributed by atoms with Crippen molar-refractivity contribution in [1.29, 1.82) is 0 Å². The summed E-state index contributed by atoms with van der Waals surface area (Å²) in [5, 5.41) is 0.